The molecule has 0 bridgehead atoms. The molecule has 0 aliphatic rings. The molecule has 2 heterocycles. The SMILES string of the molecule is NCc1ccnc(-c2cncs2)n1. The highest BCUT2D eigenvalue weighted by Crippen LogP contribution is 2.18. The third-order valence-corrected chi connectivity index (χ3v) is 2.34. The van der Waals surface area contributed by atoms with Crippen LogP contribution in [0.3, 0.4) is 0 Å². The first-order valence-electron chi connectivity index (χ1n) is 3.81. The summed E-state index contributed by atoms with van der Waals surface area (Å²) in [5.74, 6) is 0.699. The average Bonchev–Trinajstić information content (AvgIpc) is 2.71. The summed E-state index contributed by atoms with van der Waals surface area (Å²) >= 11 is 1.52. The second kappa shape index (κ2) is 3.59. The maximum Gasteiger partial charge on any atom is 0.171 e. The molecule has 2 aromatic rings. The molecule has 0 fully saturated rings. The van der Waals surface area contributed by atoms with Crippen molar-refractivity contribution in [3.63, 3.8) is 0 Å². The second-order valence-corrected chi connectivity index (χ2v) is 3.33. The van der Waals surface area contributed by atoms with E-state index in [0.29, 0.717) is 12.4 Å². The minimum atomic E-state index is 0.439. The van der Waals surface area contributed by atoms with Gasteiger partial charge in [0.15, 0.2) is 5.82 Å². The lowest BCUT2D eigenvalue weighted by Crippen LogP contribution is -2.00. The lowest BCUT2D eigenvalue weighted by molar-refractivity contribution is 0.971. The van der Waals surface area contributed by atoms with Crippen LogP contribution in [0.5, 0.6) is 0 Å². The van der Waals surface area contributed by atoms with Gasteiger partial charge in [-0.2, -0.15) is 0 Å². The second-order valence-electron chi connectivity index (χ2n) is 2.44. The van der Waals surface area contributed by atoms with Crippen molar-refractivity contribution >= 4 is 11.3 Å². The summed E-state index contributed by atoms with van der Waals surface area (Å²) in [6.45, 7) is 0.439. The van der Waals surface area contributed by atoms with Gasteiger partial charge in [0, 0.05) is 18.9 Å². The van der Waals surface area contributed by atoms with Crippen LogP contribution < -0.4 is 5.73 Å². The number of hydrogen-bond donors (Lipinski definition) is 1. The largest absolute Gasteiger partial charge is 0.325 e. The molecular formula is C8H8N4S. The molecule has 0 atom stereocenters. The van der Waals surface area contributed by atoms with Crippen molar-refractivity contribution in [3.8, 4) is 10.7 Å². The van der Waals surface area contributed by atoms with Crippen molar-refractivity contribution in [1.82, 2.24) is 15.0 Å². The van der Waals surface area contributed by atoms with Crippen molar-refractivity contribution < 1.29 is 0 Å². The summed E-state index contributed by atoms with van der Waals surface area (Å²) < 4.78 is 0. The number of nitrogens with two attached hydrogens (primary N) is 1. The van der Waals surface area contributed by atoms with Gasteiger partial charge in [-0.3, -0.25) is 4.98 Å². The van der Waals surface area contributed by atoms with Crippen LogP contribution in [0, 0.1) is 0 Å². The number of rotatable bonds is 2. The normalized spacial score (nSPS) is 10.2. The Morgan fingerprint density at radius 3 is 3.08 bits per heavy atom. The van der Waals surface area contributed by atoms with E-state index in [0.717, 1.165) is 10.6 Å². The van der Waals surface area contributed by atoms with E-state index < -0.39 is 0 Å². The summed E-state index contributed by atoms with van der Waals surface area (Å²) in [7, 11) is 0. The van der Waals surface area contributed by atoms with Gasteiger partial charge in [0.2, 0.25) is 0 Å². The van der Waals surface area contributed by atoms with Gasteiger partial charge in [-0.1, -0.05) is 0 Å². The zero-order valence-corrected chi connectivity index (χ0v) is 7.66. The molecule has 2 N–H and O–H groups in total. The fourth-order valence-corrected chi connectivity index (χ4v) is 1.52. The first-order chi connectivity index (χ1) is 6.40. The van der Waals surface area contributed by atoms with Crippen molar-refractivity contribution in [2.24, 2.45) is 5.73 Å². The van der Waals surface area contributed by atoms with Gasteiger partial charge in [0.05, 0.1) is 16.1 Å². The van der Waals surface area contributed by atoms with Gasteiger partial charge in [-0.15, -0.1) is 11.3 Å². The molecule has 0 saturated heterocycles. The number of hydrogen-bond acceptors (Lipinski definition) is 5. The molecular weight excluding hydrogens is 184 g/mol. The maximum absolute atomic E-state index is 5.47. The molecule has 13 heavy (non-hydrogen) atoms. The van der Waals surface area contributed by atoms with E-state index in [4.69, 9.17) is 5.73 Å². The fraction of sp³-hybridized carbons (Fsp3) is 0.125. The summed E-state index contributed by atoms with van der Waals surface area (Å²) in [6.07, 6.45) is 3.46. The zero-order valence-electron chi connectivity index (χ0n) is 6.84. The fourth-order valence-electron chi connectivity index (χ4n) is 0.955. The van der Waals surface area contributed by atoms with Crippen LogP contribution in [0.1, 0.15) is 5.69 Å². The lowest BCUT2D eigenvalue weighted by Gasteiger charge is -1.97. The Balaban J connectivity index is 2.41. The Morgan fingerprint density at radius 1 is 1.46 bits per heavy atom. The molecule has 66 valence electrons. The molecule has 0 aliphatic carbocycles. The number of thiazole rings is 1. The van der Waals surface area contributed by atoms with Crippen LogP contribution in [0.4, 0.5) is 0 Å². The van der Waals surface area contributed by atoms with Crippen LogP contribution in [0.2, 0.25) is 0 Å². The van der Waals surface area contributed by atoms with Crippen LogP contribution >= 0.6 is 11.3 Å². The predicted octanol–water partition coefficient (Wildman–Crippen LogP) is 1.06. The van der Waals surface area contributed by atoms with Crippen molar-refractivity contribution in [2.45, 2.75) is 6.54 Å². The lowest BCUT2D eigenvalue weighted by atomic mass is 10.4. The summed E-state index contributed by atoms with van der Waals surface area (Å²) in [4.78, 5) is 13.3. The molecule has 0 amide bonds. The van der Waals surface area contributed by atoms with E-state index in [-0.39, 0.29) is 0 Å². The summed E-state index contributed by atoms with van der Waals surface area (Å²) in [5.41, 5.74) is 8.07. The third-order valence-electron chi connectivity index (χ3n) is 1.58. The van der Waals surface area contributed by atoms with E-state index >= 15 is 0 Å². The molecule has 2 rings (SSSR count). The van der Waals surface area contributed by atoms with Crippen molar-refractivity contribution in [3.05, 3.63) is 29.7 Å². The third kappa shape index (κ3) is 1.71. The molecule has 4 nitrogen and oxygen atoms in total. The average molecular weight is 192 g/mol. The van der Waals surface area contributed by atoms with Gasteiger partial charge >= 0.3 is 0 Å². The standard InChI is InChI=1S/C8H8N4S/c9-3-6-1-2-11-8(12-6)7-4-10-5-13-7/h1-2,4-5H,3,9H2. The molecule has 0 saturated carbocycles. The van der Waals surface area contributed by atoms with Crippen LogP contribution in [0.15, 0.2) is 24.0 Å². The topological polar surface area (TPSA) is 64.7 Å². The Kier molecular flexibility index (Phi) is 2.29. The van der Waals surface area contributed by atoms with Gasteiger partial charge in [-0.05, 0) is 6.07 Å². The van der Waals surface area contributed by atoms with Crippen molar-refractivity contribution in [2.75, 3.05) is 0 Å². The Bertz CT molecular complexity index is 385. The highest BCUT2D eigenvalue weighted by atomic mass is 32.1. The van der Waals surface area contributed by atoms with E-state index in [1.54, 1.807) is 17.9 Å². The van der Waals surface area contributed by atoms with Gasteiger partial charge in [0.1, 0.15) is 0 Å². The maximum atomic E-state index is 5.47. The van der Waals surface area contributed by atoms with Gasteiger partial charge in [-0.25, -0.2) is 9.97 Å². The van der Waals surface area contributed by atoms with E-state index in [1.165, 1.54) is 11.3 Å². The molecule has 0 radical (unpaired) electrons. The molecule has 0 spiro atoms. The molecule has 0 unspecified atom stereocenters. The first kappa shape index (κ1) is 8.28. The summed E-state index contributed by atoms with van der Waals surface area (Å²) in [5, 5.41) is 0. The monoisotopic (exact) mass is 192 g/mol. The quantitative estimate of drug-likeness (QED) is 0.772. The molecule has 2 aromatic heterocycles. The highest BCUT2D eigenvalue weighted by molar-refractivity contribution is 7.13. The van der Waals surface area contributed by atoms with E-state index in [9.17, 15) is 0 Å². The summed E-state index contributed by atoms with van der Waals surface area (Å²) in [6, 6.07) is 1.81. The minimum Gasteiger partial charge on any atom is -0.325 e. The first-order valence-corrected chi connectivity index (χ1v) is 4.69. The highest BCUT2D eigenvalue weighted by Gasteiger charge is 2.02. The van der Waals surface area contributed by atoms with Crippen molar-refractivity contribution in [1.29, 1.82) is 0 Å². The zero-order chi connectivity index (χ0) is 9.10. The van der Waals surface area contributed by atoms with E-state index in [2.05, 4.69) is 15.0 Å². The smallest absolute Gasteiger partial charge is 0.171 e. The Morgan fingerprint density at radius 2 is 2.38 bits per heavy atom. The predicted molar refractivity (Wildman–Crippen MR) is 51.0 cm³/mol. The molecule has 0 aliphatic heterocycles. The Labute approximate surface area is 79.5 Å². The molecule has 0 aromatic carbocycles. The molecule has 5 heteroatoms. The minimum absolute atomic E-state index is 0.439. The number of nitrogens with zero attached hydrogens (tertiary/aromatic N) is 3. The van der Waals surface area contributed by atoms with Crippen LogP contribution in [-0.4, -0.2) is 15.0 Å². The van der Waals surface area contributed by atoms with Gasteiger partial charge in [0.25, 0.3) is 0 Å². The van der Waals surface area contributed by atoms with Gasteiger partial charge < -0.3 is 5.73 Å². The Hall–Kier alpha value is -1.33. The number of aromatic nitrogens is 3. The van der Waals surface area contributed by atoms with Crippen LogP contribution in [0.25, 0.3) is 10.7 Å². The van der Waals surface area contributed by atoms with E-state index in [1.807, 2.05) is 6.07 Å². The van der Waals surface area contributed by atoms with Crippen LogP contribution in [-0.2, 0) is 6.54 Å².